The maximum absolute atomic E-state index is 10.8. The van der Waals surface area contributed by atoms with Crippen LogP contribution < -0.4 is 0 Å². The van der Waals surface area contributed by atoms with E-state index in [1.54, 1.807) is 0 Å². The molecule has 1 amide bonds. The molecule has 0 atom stereocenters. The van der Waals surface area contributed by atoms with Gasteiger partial charge in [-0.05, 0) is 0 Å². The Morgan fingerprint density at radius 3 is 2.31 bits per heavy atom. The van der Waals surface area contributed by atoms with Gasteiger partial charge in [-0.2, -0.15) is 4.99 Å². The third kappa shape index (κ3) is 3.90. The highest BCUT2D eigenvalue weighted by Crippen LogP contribution is 1.93. The van der Waals surface area contributed by atoms with Gasteiger partial charge in [0.2, 0.25) is 0 Å². The van der Waals surface area contributed by atoms with Gasteiger partial charge in [-0.1, -0.05) is 0 Å². The summed E-state index contributed by atoms with van der Waals surface area (Å²) in [6, 6.07) is 0. The van der Waals surface area contributed by atoms with Crippen LogP contribution in [0.3, 0.4) is 0 Å². The third-order valence-corrected chi connectivity index (χ3v) is 1.04. The van der Waals surface area contributed by atoms with E-state index >= 15 is 0 Å². The molecule has 6 nitrogen and oxygen atoms in total. The average Bonchev–Trinajstić information content (AvgIpc) is 2.17. The molecule has 0 rings (SSSR count). The number of rotatable bonds is 2. The molecule has 0 bridgehead atoms. The predicted molar refractivity (Wildman–Crippen MR) is 43.6 cm³/mol. The number of hydrogen-bond acceptors (Lipinski definition) is 5. The number of aliphatic imine (C=N–C) groups is 1. The fourth-order valence-electron chi connectivity index (χ4n) is 0.432. The summed E-state index contributed by atoms with van der Waals surface area (Å²) in [6.45, 7) is 0. The number of ether oxygens (including phenoxy) is 2. The lowest BCUT2D eigenvalue weighted by atomic mass is 10.3. The van der Waals surface area contributed by atoms with E-state index in [1.807, 2.05) is 0 Å². The Balaban J connectivity index is 4.39. The van der Waals surface area contributed by atoms with Crippen molar-refractivity contribution in [3.05, 3.63) is 11.8 Å². The number of aliphatic hydroxyl groups is 1. The zero-order valence-electron chi connectivity index (χ0n) is 7.18. The van der Waals surface area contributed by atoms with Gasteiger partial charge in [0, 0.05) is 0 Å². The van der Waals surface area contributed by atoms with E-state index in [1.165, 1.54) is 0 Å². The summed E-state index contributed by atoms with van der Waals surface area (Å²) in [7, 11) is 2.28. The van der Waals surface area contributed by atoms with Crippen LogP contribution >= 0.6 is 0 Å². The number of carbonyl (C=O) groups excluding carboxylic acids is 2. The molecule has 0 fully saturated rings. The van der Waals surface area contributed by atoms with Gasteiger partial charge >= 0.3 is 12.1 Å². The minimum atomic E-state index is -0.872. The number of methoxy groups -OCH3 is 2. The molecule has 0 unspecified atom stereocenters. The summed E-state index contributed by atoms with van der Waals surface area (Å²) in [4.78, 5) is 24.4. The number of hydrogen-bond donors (Lipinski definition) is 1. The molecule has 0 saturated carbocycles. The first-order valence-electron chi connectivity index (χ1n) is 3.20. The average molecular weight is 187 g/mol. The highest BCUT2D eigenvalue weighted by atomic mass is 16.5. The van der Waals surface area contributed by atoms with Crippen molar-refractivity contribution in [1.29, 1.82) is 0 Å². The molecule has 13 heavy (non-hydrogen) atoms. The molecule has 0 aromatic carbocycles. The van der Waals surface area contributed by atoms with Crippen LogP contribution in [0.1, 0.15) is 0 Å². The fraction of sp³-hybridized carbons (Fsp3) is 0.286. The minimum absolute atomic E-state index is 0.243. The van der Waals surface area contributed by atoms with Crippen molar-refractivity contribution in [2.75, 3.05) is 14.2 Å². The Morgan fingerprint density at radius 1 is 1.31 bits per heavy atom. The highest BCUT2D eigenvalue weighted by Gasteiger charge is 2.07. The molecule has 0 aliphatic heterocycles. The van der Waals surface area contributed by atoms with E-state index in [4.69, 9.17) is 5.11 Å². The van der Waals surface area contributed by atoms with Crippen LogP contribution in [0.25, 0.3) is 0 Å². The van der Waals surface area contributed by atoms with Crippen LogP contribution in [-0.4, -0.2) is 37.6 Å². The lowest BCUT2D eigenvalue weighted by Gasteiger charge is -1.95. The standard InChI is InChI=1S/C7H9NO5/c1-12-6(10)5(4-9)3-8-7(11)13-2/h3-4,9H,1-2H3/b5-4-,8-3-. The lowest BCUT2D eigenvalue weighted by Crippen LogP contribution is -2.07. The summed E-state index contributed by atoms with van der Waals surface area (Å²) in [5.74, 6) is -0.796. The number of aliphatic hydroxyl groups excluding tert-OH is 1. The smallest absolute Gasteiger partial charge is 0.433 e. The second-order valence-electron chi connectivity index (χ2n) is 1.80. The summed E-state index contributed by atoms with van der Waals surface area (Å²) in [5, 5.41) is 8.51. The third-order valence-electron chi connectivity index (χ3n) is 1.04. The zero-order valence-corrected chi connectivity index (χ0v) is 7.18. The van der Waals surface area contributed by atoms with E-state index in [2.05, 4.69) is 14.5 Å². The molecule has 6 heteroatoms. The maximum atomic E-state index is 10.8. The van der Waals surface area contributed by atoms with Gasteiger partial charge in [-0.3, -0.25) is 0 Å². The van der Waals surface area contributed by atoms with Crippen molar-refractivity contribution in [3.8, 4) is 0 Å². The largest absolute Gasteiger partial charge is 0.515 e. The molecule has 0 spiro atoms. The van der Waals surface area contributed by atoms with Crippen LogP contribution in [0.15, 0.2) is 16.8 Å². The molecule has 0 aromatic rings. The van der Waals surface area contributed by atoms with Crippen LogP contribution in [-0.2, 0) is 14.3 Å². The van der Waals surface area contributed by atoms with Crippen molar-refractivity contribution >= 4 is 18.3 Å². The van der Waals surface area contributed by atoms with E-state index < -0.39 is 12.1 Å². The summed E-state index contributed by atoms with van der Waals surface area (Å²) >= 11 is 0. The topological polar surface area (TPSA) is 85.2 Å². The molecule has 0 heterocycles. The first-order chi connectivity index (χ1) is 6.15. The van der Waals surface area contributed by atoms with E-state index in [-0.39, 0.29) is 5.57 Å². The second kappa shape index (κ2) is 5.76. The molecule has 72 valence electrons. The Labute approximate surface area is 74.5 Å². The summed E-state index contributed by atoms with van der Waals surface area (Å²) < 4.78 is 8.42. The van der Waals surface area contributed by atoms with Gasteiger partial charge in [-0.25, -0.2) is 9.59 Å². The van der Waals surface area contributed by atoms with Crippen LogP contribution in [0.5, 0.6) is 0 Å². The Bertz CT molecular complexity index is 256. The second-order valence-corrected chi connectivity index (χ2v) is 1.80. The highest BCUT2D eigenvalue weighted by molar-refractivity contribution is 6.10. The molecule has 0 radical (unpaired) electrons. The van der Waals surface area contributed by atoms with Crippen molar-refractivity contribution in [2.24, 2.45) is 4.99 Å². The van der Waals surface area contributed by atoms with Crippen LogP contribution in [0, 0.1) is 0 Å². The number of esters is 1. The van der Waals surface area contributed by atoms with Crippen molar-refractivity contribution < 1.29 is 24.2 Å². The number of nitrogens with zero attached hydrogens (tertiary/aromatic N) is 1. The van der Waals surface area contributed by atoms with Crippen molar-refractivity contribution in [3.63, 3.8) is 0 Å². The van der Waals surface area contributed by atoms with Gasteiger partial charge < -0.3 is 14.6 Å². The predicted octanol–water partition coefficient (Wildman–Crippen LogP) is 0.438. The fourth-order valence-corrected chi connectivity index (χ4v) is 0.432. The molecule has 0 aromatic heterocycles. The first kappa shape index (κ1) is 11.2. The normalized spacial score (nSPS) is 11.4. The molecular weight excluding hydrogens is 178 g/mol. The molecule has 0 aliphatic rings. The number of carbonyl (C=O) groups is 2. The molecule has 0 aliphatic carbocycles. The van der Waals surface area contributed by atoms with Crippen LogP contribution in [0.2, 0.25) is 0 Å². The van der Waals surface area contributed by atoms with E-state index in [0.29, 0.717) is 6.26 Å². The summed E-state index contributed by atoms with van der Waals surface area (Å²) in [6.07, 6.45) is 0.457. The Kier molecular flexibility index (Phi) is 4.94. The molecular formula is C7H9NO5. The van der Waals surface area contributed by atoms with Gasteiger partial charge in [0.25, 0.3) is 0 Å². The van der Waals surface area contributed by atoms with Gasteiger partial charge in [0.05, 0.1) is 26.7 Å². The van der Waals surface area contributed by atoms with E-state index in [9.17, 15) is 9.59 Å². The monoisotopic (exact) mass is 187 g/mol. The SMILES string of the molecule is COC(=O)/N=C\C(=C\O)C(=O)OC. The molecule has 0 saturated heterocycles. The van der Waals surface area contributed by atoms with Crippen molar-refractivity contribution in [1.82, 2.24) is 0 Å². The Hall–Kier alpha value is -1.85. The van der Waals surface area contributed by atoms with Crippen molar-refractivity contribution in [2.45, 2.75) is 0 Å². The Morgan fingerprint density at radius 2 is 1.92 bits per heavy atom. The van der Waals surface area contributed by atoms with E-state index in [0.717, 1.165) is 20.4 Å². The lowest BCUT2D eigenvalue weighted by molar-refractivity contribution is -0.135. The minimum Gasteiger partial charge on any atom is -0.515 e. The first-order valence-corrected chi connectivity index (χ1v) is 3.20. The van der Waals surface area contributed by atoms with Crippen LogP contribution in [0.4, 0.5) is 4.79 Å². The number of amides is 1. The van der Waals surface area contributed by atoms with Gasteiger partial charge in [-0.15, -0.1) is 0 Å². The maximum Gasteiger partial charge on any atom is 0.433 e. The summed E-state index contributed by atoms with van der Waals surface area (Å²) in [5.41, 5.74) is -0.243. The van der Waals surface area contributed by atoms with Gasteiger partial charge in [0.15, 0.2) is 0 Å². The quantitative estimate of drug-likeness (QED) is 0.293. The zero-order chi connectivity index (χ0) is 10.3. The molecule has 1 N–H and O–H groups in total. The van der Waals surface area contributed by atoms with Gasteiger partial charge in [0.1, 0.15) is 5.57 Å².